The van der Waals surface area contributed by atoms with Crippen LogP contribution in [-0.2, 0) is 4.79 Å². The fourth-order valence-electron chi connectivity index (χ4n) is 2.21. The highest BCUT2D eigenvalue weighted by Gasteiger charge is 2.37. The quantitative estimate of drug-likeness (QED) is 0.678. The number of nitrogens with one attached hydrogen (secondary N) is 1. The van der Waals surface area contributed by atoms with Gasteiger partial charge >= 0.3 is 0 Å². The van der Waals surface area contributed by atoms with Crippen LogP contribution in [0.2, 0.25) is 0 Å². The Balaban J connectivity index is 2.46. The van der Waals surface area contributed by atoms with Crippen LogP contribution < -0.4 is 11.1 Å². The zero-order chi connectivity index (χ0) is 11.3. The molecule has 0 spiro atoms. The van der Waals surface area contributed by atoms with Gasteiger partial charge in [0, 0.05) is 6.54 Å². The van der Waals surface area contributed by atoms with Crippen molar-refractivity contribution in [2.24, 2.45) is 11.7 Å². The molecule has 2 atom stereocenters. The van der Waals surface area contributed by atoms with Crippen molar-refractivity contribution in [1.82, 2.24) is 5.32 Å². The molecule has 0 aliphatic heterocycles. The molecule has 3 N–H and O–H groups in total. The highest BCUT2D eigenvalue weighted by molar-refractivity contribution is 5.86. The van der Waals surface area contributed by atoms with Gasteiger partial charge in [0.15, 0.2) is 0 Å². The van der Waals surface area contributed by atoms with Crippen molar-refractivity contribution in [3.63, 3.8) is 0 Å². The number of hydrogen-bond acceptors (Lipinski definition) is 3. The Morgan fingerprint density at radius 2 is 2.47 bits per heavy atom. The van der Waals surface area contributed by atoms with E-state index < -0.39 is 5.54 Å². The van der Waals surface area contributed by atoms with E-state index in [-0.39, 0.29) is 5.91 Å². The van der Waals surface area contributed by atoms with E-state index in [0.717, 1.165) is 25.7 Å². The van der Waals surface area contributed by atoms with Gasteiger partial charge in [0.2, 0.25) is 5.91 Å². The zero-order valence-corrected chi connectivity index (χ0v) is 9.25. The second-order valence-corrected chi connectivity index (χ2v) is 4.52. The molecule has 0 aromatic heterocycles. The number of carbonyl (C=O) groups is 1. The molecule has 0 aromatic rings. The van der Waals surface area contributed by atoms with E-state index in [9.17, 15) is 4.79 Å². The van der Waals surface area contributed by atoms with Crippen LogP contribution in [0, 0.1) is 17.2 Å². The maximum Gasteiger partial charge on any atom is 0.240 e. The molecule has 1 aliphatic rings. The summed E-state index contributed by atoms with van der Waals surface area (Å²) in [5, 5.41) is 11.1. The Morgan fingerprint density at radius 3 is 3.07 bits per heavy atom. The summed E-state index contributed by atoms with van der Waals surface area (Å²) >= 11 is 0. The minimum absolute atomic E-state index is 0.0932. The van der Waals surface area contributed by atoms with Crippen LogP contribution in [0.1, 0.15) is 39.0 Å². The fourth-order valence-corrected chi connectivity index (χ4v) is 2.21. The van der Waals surface area contributed by atoms with Crippen LogP contribution in [0.5, 0.6) is 0 Å². The molecule has 1 rings (SSSR count). The van der Waals surface area contributed by atoms with Crippen molar-refractivity contribution in [2.75, 3.05) is 6.54 Å². The van der Waals surface area contributed by atoms with Gasteiger partial charge in [-0.2, -0.15) is 5.26 Å². The summed E-state index contributed by atoms with van der Waals surface area (Å²) in [7, 11) is 0. The first kappa shape index (κ1) is 12.0. The van der Waals surface area contributed by atoms with Crippen molar-refractivity contribution in [3.05, 3.63) is 0 Å². The minimum atomic E-state index is -0.701. The lowest BCUT2D eigenvalue weighted by Crippen LogP contribution is -2.56. The van der Waals surface area contributed by atoms with Crippen molar-refractivity contribution in [3.8, 4) is 6.07 Å². The van der Waals surface area contributed by atoms with Gasteiger partial charge in [-0.05, 0) is 18.8 Å². The van der Waals surface area contributed by atoms with Crippen molar-refractivity contribution in [1.29, 1.82) is 5.26 Å². The molecule has 0 radical (unpaired) electrons. The smallest absolute Gasteiger partial charge is 0.240 e. The van der Waals surface area contributed by atoms with Gasteiger partial charge in [0.25, 0.3) is 0 Å². The van der Waals surface area contributed by atoms with E-state index in [1.165, 1.54) is 0 Å². The highest BCUT2D eigenvalue weighted by Crippen LogP contribution is 2.30. The molecule has 1 saturated carbocycles. The standard InChI is InChI=1S/C11H19N3O/c1-9-4-2-5-11(13,8-9)10(15)14-7-3-6-12/h9H,2-5,7-8,13H2,1H3,(H,14,15). The van der Waals surface area contributed by atoms with Gasteiger partial charge in [-0.3, -0.25) is 4.79 Å². The topological polar surface area (TPSA) is 78.9 Å². The number of hydrogen-bond donors (Lipinski definition) is 2. The first-order chi connectivity index (χ1) is 7.08. The molecule has 0 bridgehead atoms. The molecule has 1 fully saturated rings. The Kier molecular flexibility index (Phi) is 4.10. The van der Waals surface area contributed by atoms with Crippen molar-refractivity contribution >= 4 is 5.91 Å². The molecular formula is C11H19N3O. The minimum Gasteiger partial charge on any atom is -0.353 e. The van der Waals surface area contributed by atoms with E-state index >= 15 is 0 Å². The predicted octanol–water partition coefficient (Wildman–Crippen LogP) is 0.924. The number of nitrogens with zero attached hydrogens (tertiary/aromatic N) is 1. The summed E-state index contributed by atoms with van der Waals surface area (Å²) in [6, 6.07) is 1.99. The molecule has 0 aromatic carbocycles. The van der Waals surface area contributed by atoms with Gasteiger partial charge in [-0.25, -0.2) is 0 Å². The summed E-state index contributed by atoms with van der Waals surface area (Å²) in [4.78, 5) is 11.8. The first-order valence-corrected chi connectivity index (χ1v) is 5.52. The van der Waals surface area contributed by atoms with Crippen LogP contribution in [0.15, 0.2) is 0 Å². The van der Waals surface area contributed by atoms with Gasteiger partial charge in [0.05, 0.1) is 18.0 Å². The summed E-state index contributed by atoms with van der Waals surface area (Å²) in [6.45, 7) is 2.53. The average molecular weight is 209 g/mol. The molecule has 0 heterocycles. The zero-order valence-electron chi connectivity index (χ0n) is 9.25. The Morgan fingerprint density at radius 1 is 1.73 bits per heavy atom. The molecule has 1 aliphatic carbocycles. The van der Waals surface area contributed by atoms with E-state index in [1.54, 1.807) is 0 Å². The maximum absolute atomic E-state index is 11.8. The van der Waals surface area contributed by atoms with Crippen LogP contribution in [0.25, 0.3) is 0 Å². The Labute approximate surface area is 90.8 Å². The molecule has 4 heteroatoms. The fraction of sp³-hybridized carbons (Fsp3) is 0.818. The van der Waals surface area contributed by atoms with Crippen LogP contribution in [0.4, 0.5) is 0 Å². The molecule has 2 unspecified atom stereocenters. The largest absolute Gasteiger partial charge is 0.353 e. The monoisotopic (exact) mass is 209 g/mol. The third-order valence-electron chi connectivity index (χ3n) is 3.01. The molecular weight excluding hydrogens is 190 g/mol. The molecule has 15 heavy (non-hydrogen) atoms. The van der Waals surface area contributed by atoms with Crippen molar-refractivity contribution in [2.45, 2.75) is 44.6 Å². The molecule has 4 nitrogen and oxygen atoms in total. The third-order valence-corrected chi connectivity index (χ3v) is 3.01. The average Bonchev–Trinajstić information content (AvgIpc) is 2.17. The lowest BCUT2D eigenvalue weighted by Gasteiger charge is -2.35. The number of nitriles is 1. The number of carbonyl (C=O) groups excluding carboxylic acids is 1. The van der Waals surface area contributed by atoms with E-state index in [2.05, 4.69) is 12.2 Å². The molecule has 84 valence electrons. The van der Waals surface area contributed by atoms with Gasteiger partial charge < -0.3 is 11.1 Å². The normalized spacial score (nSPS) is 30.6. The van der Waals surface area contributed by atoms with Gasteiger partial charge in [-0.1, -0.05) is 19.8 Å². The number of nitrogens with two attached hydrogens (primary N) is 1. The van der Waals surface area contributed by atoms with Crippen LogP contribution in [-0.4, -0.2) is 18.0 Å². The first-order valence-electron chi connectivity index (χ1n) is 5.52. The van der Waals surface area contributed by atoms with Gasteiger partial charge in [-0.15, -0.1) is 0 Å². The number of rotatable bonds is 3. The second kappa shape index (κ2) is 5.13. The van der Waals surface area contributed by atoms with E-state index in [0.29, 0.717) is 18.9 Å². The highest BCUT2D eigenvalue weighted by atomic mass is 16.2. The molecule has 0 saturated heterocycles. The Bertz CT molecular complexity index is 271. The summed E-state index contributed by atoms with van der Waals surface area (Å²) in [5.41, 5.74) is 5.38. The summed E-state index contributed by atoms with van der Waals surface area (Å²) in [5.74, 6) is 0.426. The van der Waals surface area contributed by atoms with Crippen molar-refractivity contribution < 1.29 is 4.79 Å². The second-order valence-electron chi connectivity index (χ2n) is 4.52. The maximum atomic E-state index is 11.8. The summed E-state index contributed by atoms with van der Waals surface area (Å²) < 4.78 is 0. The van der Waals surface area contributed by atoms with Gasteiger partial charge in [0.1, 0.15) is 0 Å². The SMILES string of the molecule is CC1CCCC(N)(C(=O)NCCC#N)C1. The third kappa shape index (κ3) is 3.21. The summed E-state index contributed by atoms with van der Waals surface area (Å²) in [6.07, 6.45) is 4.03. The van der Waals surface area contributed by atoms with Crippen LogP contribution in [0.3, 0.4) is 0 Å². The van der Waals surface area contributed by atoms with Crippen LogP contribution >= 0.6 is 0 Å². The molecule has 1 amide bonds. The predicted molar refractivity (Wildman–Crippen MR) is 57.8 cm³/mol. The lowest BCUT2D eigenvalue weighted by molar-refractivity contribution is -0.128. The van der Waals surface area contributed by atoms with E-state index in [1.807, 2.05) is 6.07 Å². The van der Waals surface area contributed by atoms with E-state index in [4.69, 9.17) is 11.0 Å². The number of amides is 1. The lowest BCUT2D eigenvalue weighted by atomic mass is 9.76. The Hall–Kier alpha value is -1.08.